The highest BCUT2D eigenvalue weighted by atomic mass is 19.1. The molecule has 0 spiro atoms. The first-order chi connectivity index (χ1) is 14.9. The van der Waals surface area contributed by atoms with Crippen molar-refractivity contribution in [3.63, 3.8) is 0 Å². The molecule has 1 atom stereocenters. The van der Waals surface area contributed by atoms with E-state index < -0.39 is 17.9 Å². The third-order valence-corrected chi connectivity index (χ3v) is 5.69. The van der Waals surface area contributed by atoms with E-state index in [1.165, 1.54) is 10.6 Å². The molecule has 3 aromatic rings. The Labute approximate surface area is 175 Å². The van der Waals surface area contributed by atoms with Gasteiger partial charge in [0.25, 0.3) is 5.56 Å². The fourth-order valence-corrected chi connectivity index (χ4v) is 4.11. The molecule has 0 radical (unpaired) electrons. The van der Waals surface area contributed by atoms with Gasteiger partial charge in [-0.2, -0.15) is 0 Å². The summed E-state index contributed by atoms with van der Waals surface area (Å²) in [7, 11) is 0. The van der Waals surface area contributed by atoms with Gasteiger partial charge in [-0.1, -0.05) is 11.8 Å². The Morgan fingerprint density at radius 2 is 2.10 bits per heavy atom. The maximum absolute atomic E-state index is 14.3. The number of ether oxygens (including phenoxy) is 1. The highest BCUT2D eigenvalue weighted by Crippen LogP contribution is 2.38. The van der Waals surface area contributed by atoms with Crippen LogP contribution in [0.4, 0.5) is 4.39 Å². The number of esters is 1. The summed E-state index contributed by atoms with van der Waals surface area (Å²) in [6.07, 6.45) is -1.28. The number of carbonyl (C=O) groups is 1. The molecule has 0 saturated carbocycles. The van der Waals surface area contributed by atoms with Crippen molar-refractivity contribution in [2.24, 2.45) is 0 Å². The average Bonchev–Trinajstić information content (AvgIpc) is 3.11. The summed E-state index contributed by atoms with van der Waals surface area (Å²) in [4.78, 5) is 29.5. The summed E-state index contributed by atoms with van der Waals surface area (Å²) >= 11 is 0. The van der Waals surface area contributed by atoms with Crippen molar-refractivity contribution in [3.05, 3.63) is 62.2 Å². The minimum Gasteiger partial charge on any atom is -0.458 e. The molecule has 8 heteroatoms. The number of pyridine rings is 2. The smallest absolute Gasteiger partial charge is 0.340 e. The fourth-order valence-electron chi connectivity index (χ4n) is 4.11. The Morgan fingerprint density at radius 3 is 2.87 bits per heavy atom. The Hall–Kier alpha value is -3.54. The number of hydrogen-bond acceptors (Lipinski definition) is 6. The van der Waals surface area contributed by atoms with Crippen LogP contribution in [0.3, 0.4) is 0 Å². The van der Waals surface area contributed by atoms with Gasteiger partial charge < -0.3 is 19.5 Å². The van der Waals surface area contributed by atoms with E-state index >= 15 is 0 Å². The molecule has 7 nitrogen and oxygen atoms in total. The second-order valence-corrected chi connectivity index (χ2v) is 7.57. The zero-order valence-electron chi connectivity index (χ0n) is 16.5. The lowest BCUT2D eigenvalue weighted by Gasteiger charge is -2.21. The second-order valence-electron chi connectivity index (χ2n) is 7.57. The Morgan fingerprint density at radius 1 is 1.29 bits per heavy atom. The van der Waals surface area contributed by atoms with E-state index in [9.17, 15) is 19.1 Å². The molecule has 1 aromatic carbocycles. The summed E-state index contributed by atoms with van der Waals surface area (Å²) < 4.78 is 20.7. The standard InChI is InChI=1S/C23H17FN2O5/c1-11-6-13-12(4-2-3-5-27)15-9-26-19(20(15)25-18(13)8-17(11)24)7-14-16(22(26)29)10-31-23(30)21(14)28/h6-8,21,27-28H,3,5,9-10H2,1H3/t21-/m0/s1. The number of aromatic nitrogens is 2. The molecule has 2 aromatic heterocycles. The summed E-state index contributed by atoms with van der Waals surface area (Å²) in [6, 6.07) is 4.57. The maximum atomic E-state index is 14.3. The first kappa shape index (κ1) is 19.4. The lowest BCUT2D eigenvalue weighted by atomic mass is 9.98. The zero-order valence-corrected chi connectivity index (χ0v) is 16.5. The van der Waals surface area contributed by atoms with Crippen LogP contribution >= 0.6 is 0 Å². The molecule has 2 aliphatic rings. The van der Waals surface area contributed by atoms with Gasteiger partial charge in [-0.05, 0) is 24.6 Å². The van der Waals surface area contributed by atoms with E-state index in [4.69, 9.17) is 9.84 Å². The van der Waals surface area contributed by atoms with E-state index in [0.29, 0.717) is 39.0 Å². The summed E-state index contributed by atoms with van der Waals surface area (Å²) in [5.74, 6) is 4.74. The highest BCUT2D eigenvalue weighted by molar-refractivity contribution is 5.91. The van der Waals surface area contributed by atoms with Crippen LogP contribution in [0, 0.1) is 24.6 Å². The molecule has 31 heavy (non-hydrogen) atoms. The van der Waals surface area contributed by atoms with Crippen LogP contribution in [-0.4, -0.2) is 32.3 Å². The van der Waals surface area contributed by atoms with Crippen LogP contribution in [0.15, 0.2) is 23.0 Å². The van der Waals surface area contributed by atoms with E-state index in [1.807, 2.05) is 0 Å². The number of rotatable bonds is 1. The SMILES string of the molecule is Cc1cc2c(C#CCCO)c3c(nc2cc1F)-c1cc2c(c(=O)n1C3)COC(=O)[C@H]2O. The lowest BCUT2D eigenvalue weighted by molar-refractivity contribution is -0.157. The Bertz CT molecular complexity index is 1410. The van der Waals surface area contributed by atoms with E-state index in [-0.39, 0.29) is 42.9 Å². The number of halogens is 1. The average molecular weight is 420 g/mol. The van der Waals surface area contributed by atoms with Gasteiger partial charge in [0.05, 0.1) is 35.6 Å². The molecular weight excluding hydrogens is 403 g/mol. The van der Waals surface area contributed by atoms with Crippen molar-refractivity contribution in [3.8, 4) is 23.2 Å². The number of fused-ring (bicyclic) bond motifs is 5. The third-order valence-electron chi connectivity index (χ3n) is 5.69. The van der Waals surface area contributed by atoms with Crippen LogP contribution < -0.4 is 5.56 Å². The molecule has 0 saturated heterocycles. The van der Waals surface area contributed by atoms with Crippen LogP contribution in [0.5, 0.6) is 0 Å². The molecule has 156 valence electrons. The highest BCUT2D eigenvalue weighted by Gasteiger charge is 2.34. The van der Waals surface area contributed by atoms with Gasteiger partial charge in [0, 0.05) is 34.6 Å². The predicted molar refractivity (Wildman–Crippen MR) is 109 cm³/mol. The van der Waals surface area contributed by atoms with Crippen molar-refractivity contribution < 1.29 is 24.1 Å². The molecule has 0 aliphatic carbocycles. The molecule has 2 aliphatic heterocycles. The summed E-state index contributed by atoms with van der Waals surface area (Å²) in [6.45, 7) is 1.55. The normalized spacial score (nSPS) is 16.3. The molecule has 2 N–H and O–H groups in total. The first-order valence-corrected chi connectivity index (χ1v) is 9.75. The lowest BCUT2D eigenvalue weighted by Crippen LogP contribution is -2.32. The number of aliphatic hydroxyl groups excluding tert-OH is 2. The molecule has 0 unspecified atom stereocenters. The summed E-state index contributed by atoms with van der Waals surface area (Å²) in [5.41, 5.74) is 3.08. The van der Waals surface area contributed by atoms with Gasteiger partial charge >= 0.3 is 5.97 Å². The minimum atomic E-state index is -1.55. The predicted octanol–water partition coefficient (Wildman–Crippen LogP) is 1.70. The minimum absolute atomic E-state index is 0.0931. The largest absolute Gasteiger partial charge is 0.458 e. The van der Waals surface area contributed by atoms with Crippen LogP contribution in [0.1, 0.15) is 40.3 Å². The number of aliphatic hydroxyl groups is 2. The van der Waals surface area contributed by atoms with Gasteiger partial charge in [0.1, 0.15) is 12.4 Å². The molecule has 0 fully saturated rings. The van der Waals surface area contributed by atoms with Crippen molar-refractivity contribution in [2.45, 2.75) is 32.6 Å². The van der Waals surface area contributed by atoms with Crippen molar-refractivity contribution in [2.75, 3.05) is 6.61 Å². The van der Waals surface area contributed by atoms with Gasteiger partial charge in [-0.25, -0.2) is 14.2 Å². The number of aryl methyl sites for hydroxylation is 1. The molecule has 0 bridgehead atoms. The molecule has 5 rings (SSSR count). The van der Waals surface area contributed by atoms with Crippen LogP contribution in [0.25, 0.3) is 22.3 Å². The van der Waals surface area contributed by atoms with Gasteiger partial charge in [-0.15, -0.1) is 0 Å². The quantitative estimate of drug-likeness (QED) is 0.359. The van der Waals surface area contributed by atoms with E-state index in [2.05, 4.69) is 16.8 Å². The number of carbonyl (C=O) groups excluding carboxylic acids is 1. The number of cyclic esters (lactones) is 1. The topological polar surface area (TPSA) is 102 Å². The van der Waals surface area contributed by atoms with Crippen molar-refractivity contribution in [1.82, 2.24) is 9.55 Å². The van der Waals surface area contributed by atoms with Gasteiger partial charge in [0.15, 0.2) is 6.10 Å². The van der Waals surface area contributed by atoms with Crippen LogP contribution in [-0.2, 0) is 22.7 Å². The third kappa shape index (κ3) is 2.86. The number of benzene rings is 1. The summed E-state index contributed by atoms with van der Waals surface area (Å²) in [5, 5.41) is 20.0. The Balaban J connectivity index is 1.82. The Kier molecular flexibility index (Phi) is 4.39. The number of hydrogen-bond donors (Lipinski definition) is 2. The van der Waals surface area contributed by atoms with Gasteiger partial charge in [-0.3, -0.25) is 4.79 Å². The van der Waals surface area contributed by atoms with E-state index in [1.54, 1.807) is 19.1 Å². The van der Waals surface area contributed by atoms with E-state index in [0.717, 1.165) is 0 Å². The van der Waals surface area contributed by atoms with Crippen molar-refractivity contribution >= 4 is 16.9 Å². The maximum Gasteiger partial charge on any atom is 0.340 e. The number of nitrogens with zero attached hydrogens (tertiary/aromatic N) is 2. The van der Waals surface area contributed by atoms with Gasteiger partial charge in [0.2, 0.25) is 0 Å². The van der Waals surface area contributed by atoms with Crippen molar-refractivity contribution in [1.29, 1.82) is 0 Å². The molecule has 0 amide bonds. The second kappa shape index (κ2) is 7.01. The first-order valence-electron chi connectivity index (χ1n) is 9.75. The zero-order chi connectivity index (χ0) is 21.9. The fraction of sp³-hybridized carbons (Fsp3) is 0.261. The molecule has 4 heterocycles. The molecular formula is C23H17FN2O5. The van der Waals surface area contributed by atoms with Crippen LogP contribution in [0.2, 0.25) is 0 Å². The monoisotopic (exact) mass is 420 g/mol.